The standard InChI is InChI=1S/C23H24N2O2/c1-15-11-16(2)24-12-19(15)13-25-23(26)18-9-7-17(8-10-18)21-14-27-22-6-4-3-5-20(21)22/h3-10,21H,11-14H2,1-2H3,(H,25,26). The molecule has 0 bridgehead atoms. The molecule has 0 aromatic heterocycles. The fraction of sp³-hybridized carbons (Fsp3) is 0.304. The third-order valence-electron chi connectivity index (χ3n) is 5.40. The number of para-hydroxylation sites is 1. The molecule has 2 heterocycles. The minimum atomic E-state index is -0.0452. The Bertz CT molecular complexity index is 926. The van der Waals surface area contributed by atoms with Crippen molar-refractivity contribution in [2.75, 3.05) is 19.7 Å². The van der Waals surface area contributed by atoms with Crippen LogP contribution in [-0.2, 0) is 0 Å². The fourth-order valence-corrected chi connectivity index (χ4v) is 3.73. The molecule has 0 saturated carbocycles. The molecule has 4 heteroatoms. The van der Waals surface area contributed by atoms with Gasteiger partial charge in [-0.15, -0.1) is 0 Å². The van der Waals surface area contributed by atoms with Crippen molar-refractivity contribution in [3.63, 3.8) is 0 Å². The highest BCUT2D eigenvalue weighted by Gasteiger charge is 2.25. The quantitative estimate of drug-likeness (QED) is 0.834. The summed E-state index contributed by atoms with van der Waals surface area (Å²) in [6, 6.07) is 16.0. The Labute approximate surface area is 160 Å². The number of amides is 1. The summed E-state index contributed by atoms with van der Waals surface area (Å²) in [5.41, 5.74) is 6.76. The molecule has 2 aromatic carbocycles. The largest absolute Gasteiger partial charge is 0.492 e. The van der Waals surface area contributed by atoms with Gasteiger partial charge < -0.3 is 10.1 Å². The van der Waals surface area contributed by atoms with Crippen molar-refractivity contribution in [3.05, 3.63) is 76.4 Å². The molecule has 27 heavy (non-hydrogen) atoms. The van der Waals surface area contributed by atoms with Crippen LogP contribution >= 0.6 is 0 Å². The Hall–Kier alpha value is -2.88. The number of rotatable bonds is 4. The summed E-state index contributed by atoms with van der Waals surface area (Å²) in [7, 11) is 0. The third-order valence-corrected chi connectivity index (χ3v) is 5.40. The molecule has 0 aliphatic carbocycles. The molecule has 1 amide bonds. The second-order valence-electron chi connectivity index (χ2n) is 7.32. The first kappa shape index (κ1) is 17.5. The zero-order chi connectivity index (χ0) is 18.8. The van der Waals surface area contributed by atoms with Crippen LogP contribution in [0.15, 0.2) is 64.7 Å². The number of benzene rings is 2. The zero-order valence-corrected chi connectivity index (χ0v) is 15.8. The number of allylic oxidation sites excluding steroid dienone is 1. The van der Waals surface area contributed by atoms with E-state index in [1.807, 2.05) is 49.4 Å². The topological polar surface area (TPSA) is 50.7 Å². The maximum absolute atomic E-state index is 12.5. The van der Waals surface area contributed by atoms with Gasteiger partial charge in [-0.1, -0.05) is 35.9 Å². The van der Waals surface area contributed by atoms with Crippen molar-refractivity contribution in [2.24, 2.45) is 4.99 Å². The molecule has 1 atom stereocenters. The van der Waals surface area contributed by atoms with Gasteiger partial charge in [-0.3, -0.25) is 9.79 Å². The molecule has 2 aliphatic heterocycles. The van der Waals surface area contributed by atoms with Gasteiger partial charge in [0.1, 0.15) is 5.75 Å². The van der Waals surface area contributed by atoms with Crippen LogP contribution in [0.3, 0.4) is 0 Å². The van der Waals surface area contributed by atoms with Gasteiger partial charge in [-0.2, -0.15) is 0 Å². The molecule has 0 fully saturated rings. The molecular weight excluding hydrogens is 336 g/mol. The first-order chi connectivity index (χ1) is 13.1. The van der Waals surface area contributed by atoms with Gasteiger partial charge in [-0.25, -0.2) is 0 Å². The lowest BCUT2D eigenvalue weighted by Crippen LogP contribution is -2.28. The Kier molecular flexibility index (Phi) is 4.80. The van der Waals surface area contributed by atoms with Crippen LogP contribution in [0.4, 0.5) is 0 Å². The van der Waals surface area contributed by atoms with Crippen LogP contribution in [0.5, 0.6) is 5.75 Å². The molecule has 2 aliphatic rings. The Morgan fingerprint density at radius 1 is 1.15 bits per heavy atom. The van der Waals surface area contributed by atoms with Crippen molar-refractivity contribution in [3.8, 4) is 5.75 Å². The maximum atomic E-state index is 12.5. The van der Waals surface area contributed by atoms with E-state index < -0.39 is 0 Å². The van der Waals surface area contributed by atoms with Crippen molar-refractivity contribution in [1.82, 2.24) is 5.32 Å². The highest BCUT2D eigenvalue weighted by molar-refractivity contribution is 5.94. The van der Waals surface area contributed by atoms with E-state index in [2.05, 4.69) is 23.3 Å². The first-order valence-electron chi connectivity index (χ1n) is 9.39. The molecule has 0 radical (unpaired) electrons. The highest BCUT2D eigenvalue weighted by Crippen LogP contribution is 2.37. The Balaban J connectivity index is 1.41. The van der Waals surface area contributed by atoms with Crippen molar-refractivity contribution in [1.29, 1.82) is 0 Å². The van der Waals surface area contributed by atoms with E-state index in [9.17, 15) is 4.79 Å². The normalized spacial score (nSPS) is 18.6. The van der Waals surface area contributed by atoms with E-state index in [4.69, 9.17) is 4.74 Å². The molecule has 4 nitrogen and oxygen atoms in total. The molecular formula is C23H24N2O2. The van der Waals surface area contributed by atoms with Gasteiger partial charge in [0.25, 0.3) is 5.91 Å². The average molecular weight is 360 g/mol. The molecule has 0 spiro atoms. The van der Waals surface area contributed by atoms with E-state index in [0.29, 0.717) is 25.3 Å². The van der Waals surface area contributed by atoms with Gasteiger partial charge in [0, 0.05) is 35.7 Å². The fourth-order valence-electron chi connectivity index (χ4n) is 3.73. The number of aliphatic imine (C=N–C) groups is 1. The third kappa shape index (κ3) is 3.65. The summed E-state index contributed by atoms with van der Waals surface area (Å²) >= 11 is 0. The SMILES string of the molecule is CC1=NCC(CNC(=O)c2ccc(C3COc4ccccc43)cc2)=C(C)C1. The number of dihydropyridines is 1. The average Bonchev–Trinajstić information content (AvgIpc) is 3.11. The molecule has 138 valence electrons. The molecule has 1 N–H and O–H groups in total. The lowest BCUT2D eigenvalue weighted by Gasteiger charge is -2.17. The monoisotopic (exact) mass is 360 g/mol. The first-order valence-corrected chi connectivity index (χ1v) is 9.39. The number of fused-ring (bicyclic) bond motifs is 1. The number of nitrogens with zero attached hydrogens (tertiary/aromatic N) is 1. The second-order valence-corrected chi connectivity index (χ2v) is 7.32. The van der Waals surface area contributed by atoms with E-state index >= 15 is 0 Å². The summed E-state index contributed by atoms with van der Waals surface area (Å²) in [5, 5.41) is 3.03. The van der Waals surface area contributed by atoms with E-state index in [1.165, 1.54) is 22.3 Å². The number of ether oxygens (including phenoxy) is 1. The lowest BCUT2D eigenvalue weighted by molar-refractivity contribution is 0.0957. The highest BCUT2D eigenvalue weighted by atomic mass is 16.5. The van der Waals surface area contributed by atoms with E-state index in [0.717, 1.165) is 17.9 Å². The second kappa shape index (κ2) is 7.39. The molecule has 1 unspecified atom stereocenters. The molecule has 4 rings (SSSR count). The number of carbonyl (C=O) groups excluding carboxylic acids is 1. The van der Waals surface area contributed by atoms with Crippen molar-refractivity contribution < 1.29 is 9.53 Å². The van der Waals surface area contributed by atoms with Crippen LogP contribution in [-0.4, -0.2) is 31.3 Å². The van der Waals surface area contributed by atoms with Crippen LogP contribution in [0.1, 0.15) is 47.7 Å². The smallest absolute Gasteiger partial charge is 0.251 e. The van der Waals surface area contributed by atoms with E-state index in [-0.39, 0.29) is 11.8 Å². The summed E-state index contributed by atoms with van der Waals surface area (Å²) in [5.74, 6) is 1.14. The minimum absolute atomic E-state index is 0.0452. The maximum Gasteiger partial charge on any atom is 0.251 e. The van der Waals surface area contributed by atoms with Crippen molar-refractivity contribution >= 4 is 11.6 Å². The van der Waals surface area contributed by atoms with Crippen LogP contribution in [0, 0.1) is 0 Å². The van der Waals surface area contributed by atoms with Gasteiger partial charge in [0.15, 0.2) is 0 Å². The van der Waals surface area contributed by atoms with Crippen LogP contribution in [0.2, 0.25) is 0 Å². The molecule has 0 saturated heterocycles. The summed E-state index contributed by atoms with van der Waals surface area (Å²) in [4.78, 5) is 17.0. The van der Waals surface area contributed by atoms with Crippen molar-refractivity contribution in [2.45, 2.75) is 26.2 Å². The predicted molar refractivity (Wildman–Crippen MR) is 108 cm³/mol. The number of hydrogen-bond donors (Lipinski definition) is 1. The lowest BCUT2D eigenvalue weighted by atomic mass is 9.92. The molecule has 2 aromatic rings. The van der Waals surface area contributed by atoms with Crippen LogP contribution < -0.4 is 10.1 Å². The van der Waals surface area contributed by atoms with E-state index in [1.54, 1.807) is 0 Å². The van der Waals surface area contributed by atoms with Crippen LogP contribution in [0.25, 0.3) is 0 Å². The number of carbonyl (C=O) groups is 1. The Morgan fingerprint density at radius 3 is 2.70 bits per heavy atom. The summed E-state index contributed by atoms with van der Waals surface area (Å²) in [6.07, 6.45) is 0.908. The zero-order valence-electron chi connectivity index (χ0n) is 15.8. The summed E-state index contributed by atoms with van der Waals surface area (Å²) < 4.78 is 5.77. The summed E-state index contributed by atoms with van der Waals surface area (Å²) in [6.45, 7) is 6.08. The number of hydrogen-bond acceptors (Lipinski definition) is 3. The Morgan fingerprint density at radius 2 is 1.93 bits per heavy atom. The van der Waals surface area contributed by atoms with Gasteiger partial charge in [0.2, 0.25) is 0 Å². The van der Waals surface area contributed by atoms with Gasteiger partial charge in [-0.05, 0) is 43.2 Å². The minimum Gasteiger partial charge on any atom is -0.492 e. The van der Waals surface area contributed by atoms with Gasteiger partial charge in [0.05, 0.1) is 13.2 Å². The van der Waals surface area contributed by atoms with Gasteiger partial charge >= 0.3 is 0 Å². The predicted octanol–water partition coefficient (Wildman–Crippen LogP) is 4.12. The number of nitrogens with one attached hydrogen (secondary N) is 1.